The van der Waals surface area contributed by atoms with E-state index < -0.39 is 23.4 Å². The molecule has 0 amide bonds. The molecule has 2 bridgehead atoms. The summed E-state index contributed by atoms with van der Waals surface area (Å²) < 4.78 is 24.7. The zero-order valence-corrected chi connectivity index (χ0v) is 14.3. The summed E-state index contributed by atoms with van der Waals surface area (Å²) in [5.41, 5.74) is -1.13. The summed E-state index contributed by atoms with van der Waals surface area (Å²) >= 11 is 5.96. The van der Waals surface area contributed by atoms with Crippen LogP contribution in [0.4, 0.5) is 4.39 Å². The number of halogens is 2. The second-order valence-electron chi connectivity index (χ2n) is 6.54. The lowest BCUT2D eigenvalue weighted by Crippen LogP contribution is -2.49. The van der Waals surface area contributed by atoms with Crippen LogP contribution in [0.5, 0.6) is 0 Å². The Balaban J connectivity index is 1.78. The molecule has 2 aliphatic rings. The van der Waals surface area contributed by atoms with Gasteiger partial charge in [0.15, 0.2) is 0 Å². The SMILES string of the molecule is CCOC(=O)C1(OC(=O)Cc2c(F)cccc2Cl)CC2CCC1C2. The number of rotatable bonds is 5. The van der Waals surface area contributed by atoms with Crippen molar-refractivity contribution in [1.82, 2.24) is 0 Å². The maximum absolute atomic E-state index is 13.9. The molecule has 1 aromatic rings. The van der Waals surface area contributed by atoms with Gasteiger partial charge in [0.25, 0.3) is 0 Å². The number of carbonyl (C=O) groups is 2. The highest BCUT2D eigenvalue weighted by Crippen LogP contribution is 2.53. The van der Waals surface area contributed by atoms with Gasteiger partial charge in [0, 0.05) is 22.9 Å². The molecule has 3 unspecified atom stereocenters. The minimum atomic E-state index is -1.21. The highest BCUT2D eigenvalue weighted by molar-refractivity contribution is 6.31. The maximum Gasteiger partial charge on any atom is 0.350 e. The van der Waals surface area contributed by atoms with Gasteiger partial charge >= 0.3 is 11.9 Å². The molecule has 0 N–H and O–H groups in total. The maximum atomic E-state index is 13.9. The van der Waals surface area contributed by atoms with Gasteiger partial charge in [-0.15, -0.1) is 0 Å². The molecule has 3 atom stereocenters. The molecule has 3 rings (SSSR count). The molecule has 130 valence electrons. The fourth-order valence-electron chi connectivity index (χ4n) is 4.03. The molecule has 6 heteroatoms. The van der Waals surface area contributed by atoms with Crippen LogP contribution in [-0.4, -0.2) is 24.1 Å². The number of carbonyl (C=O) groups excluding carboxylic acids is 2. The Hall–Kier alpha value is -1.62. The molecule has 4 nitrogen and oxygen atoms in total. The second kappa shape index (κ2) is 6.71. The van der Waals surface area contributed by atoms with E-state index in [-0.39, 0.29) is 29.5 Å². The molecule has 0 aromatic heterocycles. The predicted molar refractivity (Wildman–Crippen MR) is 86.0 cm³/mol. The third kappa shape index (κ3) is 3.02. The summed E-state index contributed by atoms with van der Waals surface area (Å²) in [5.74, 6) is -1.32. The van der Waals surface area contributed by atoms with Crippen molar-refractivity contribution in [2.24, 2.45) is 11.8 Å². The van der Waals surface area contributed by atoms with Crippen LogP contribution < -0.4 is 0 Å². The van der Waals surface area contributed by atoms with Crippen LogP contribution in [0.15, 0.2) is 18.2 Å². The fraction of sp³-hybridized carbons (Fsp3) is 0.556. The van der Waals surface area contributed by atoms with E-state index in [4.69, 9.17) is 21.1 Å². The summed E-state index contributed by atoms with van der Waals surface area (Å²) in [6.07, 6.45) is 2.95. The Morgan fingerprint density at radius 3 is 2.75 bits per heavy atom. The first-order valence-electron chi connectivity index (χ1n) is 8.28. The molecule has 24 heavy (non-hydrogen) atoms. The molecular weight excluding hydrogens is 335 g/mol. The van der Waals surface area contributed by atoms with Crippen molar-refractivity contribution >= 4 is 23.5 Å². The largest absolute Gasteiger partial charge is 0.463 e. The average Bonchev–Trinajstić information content (AvgIpc) is 3.13. The first-order valence-corrected chi connectivity index (χ1v) is 8.66. The summed E-state index contributed by atoms with van der Waals surface area (Å²) in [5, 5.41) is 0.171. The topological polar surface area (TPSA) is 52.6 Å². The minimum absolute atomic E-state index is 0.0124. The molecule has 2 saturated carbocycles. The Bertz CT molecular complexity index is 642. The van der Waals surface area contributed by atoms with Gasteiger partial charge in [0.2, 0.25) is 5.60 Å². The second-order valence-corrected chi connectivity index (χ2v) is 6.95. The minimum Gasteiger partial charge on any atom is -0.463 e. The lowest BCUT2D eigenvalue weighted by molar-refractivity contribution is -0.189. The highest BCUT2D eigenvalue weighted by Gasteiger charge is 2.59. The summed E-state index contributed by atoms with van der Waals surface area (Å²) in [6, 6.07) is 4.24. The van der Waals surface area contributed by atoms with Crippen LogP contribution in [0.1, 0.15) is 38.2 Å². The predicted octanol–water partition coefficient (Wildman–Crippen LogP) is 3.69. The van der Waals surface area contributed by atoms with Crippen molar-refractivity contribution in [2.45, 2.75) is 44.6 Å². The lowest BCUT2D eigenvalue weighted by Gasteiger charge is -2.34. The fourth-order valence-corrected chi connectivity index (χ4v) is 4.26. The normalized spacial score (nSPS) is 28.0. The number of fused-ring (bicyclic) bond motifs is 2. The van der Waals surface area contributed by atoms with Gasteiger partial charge in [-0.25, -0.2) is 9.18 Å². The van der Waals surface area contributed by atoms with Crippen LogP contribution in [0.3, 0.4) is 0 Å². The zero-order chi connectivity index (χ0) is 17.3. The van der Waals surface area contributed by atoms with Gasteiger partial charge in [-0.2, -0.15) is 0 Å². The van der Waals surface area contributed by atoms with E-state index in [0.29, 0.717) is 12.3 Å². The summed E-state index contributed by atoms with van der Waals surface area (Å²) in [4.78, 5) is 24.9. The van der Waals surface area contributed by atoms with E-state index >= 15 is 0 Å². The molecule has 0 radical (unpaired) electrons. The molecule has 0 saturated heterocycles. The van der Waals surface area contributed by atoms with Crippen molar-refractivity contribution in [3.8, 4) is 0 Å². The number of ether oxygens (including phenoxy) is 2. The third-order valence-corrected chi connectivity index (χ3v) is 5.45. The molecule has 2 aliphatic carbocycles. The Morgan fingerprint density at radius 2 is 2.17 bits per heavy atom. The standard InChI is InChI=1S/C18H20ClFO4/c1-2-23-17(22)18(10-11-6-7-12(18)8-11)24-16(21)9-13-14(19)4-3-5-15(13)20/h3-5,11-12H,2,6-10H2,1H3. The van der Waals surface area contributed by atoms with Crippen LogP contribution in [0.2, 0.25) is 5.02 Å². The Kier molecular flexibility index (Phi) is 4.81. The molecule has 0 heterocycles. The van der Waals surface area contributed by atoms with Crippen LogP contribution in [-0.2, 0) is 25.5 Å². The third-order valence-electron chi connectivity index (χ3n) is 5.09. The molecular formula is C18H20ClFO4. The summed E-state index contributed by atoms with van der Waals surface area (Å²) in [7, 11) is 0. The van der Waals surface area contributed by atoms with Gasteiger partial charge in [-0.1, -0.05) is 17.7 Å². The smallest absolute Gasteiger partial charge is 0.350 e. The van der Waals surface area contributed by atoms with E-state index in [1.165, 1.54) is 18.2 Å². The van der Waals surface area contributed by atoms with Crippen molar-refractivity contribution in [1.29, 1.82) is 0 Å². The van der Waals surface area contributed by atoms with E-state index in [2.05, 4.69) is 0 Å². The average molecular weight is 355 g/mol. The molecule has 0 aliphatic heterocycles. The highest BCUT2D eigenvalue weighted by atomic mass is 35.5. The van der Waals surface area contributed by atoms with E-state index in [1.807, 2.05) is 0 Å². The first-order chi connectivity index (χ1) is 11.5. The van der Waals surface area contributed by atoms with Gasteiger partial charge < -0.3 is 9.47 Å². The number of esters is 2. The first kappa shape index (κ1) is 17.2. The molecule has 1 aromatic carbocycles. The lowest BCUT2D eigenvalue weighted by atomic mass is 9.84. The van der Waals surface area contributed by atoms with Crippen molar-refractivity contribution in [2.75, 3.05) is 6.61 Å². The monoisotopic (exact) mass is 354 g/mol. The Morgan fingerprint density at radius 1 is 1.38 bits per heavy atom. The molecule has 0 spiro atoms. The van der Waals surface area contributed by atoms with Crippen molar-refractivity contribution in [3.05, 3.63) is 34.6 Å². The molecule has 2 fully saturated rings. The zero-order valence-electron chi connectivity index (χ0n) is 13.5. The van der Waals surface area contributed by atoms with Crippen molar-refractivity contribution in [3.63, 3.8) is 0 Å². The van der Waals surface area contributed by atoms with E-state index in [0.717, 1.165) is 19.3 Å². The van der Waals surface area contributed by atoms with Gasteiger partial charge in [0.05, 0.1) is 13.0 Å². The van der Waals surface area contributed by atoms with Crippen LogP contribution in [0.25, 0.3) is 0 Å². The van der Waals surface area contributed by atoms with Gasteiger partial charge in [0.1, 0.15) is 5.82 Å². The Labute approximate surface area is 145 Å². The van der Waals surface area contributed by atoms with Gasteiger partial charge in [-0.05, 0) is 44.2 Å². The van der Waals surface area contributed by atoms with Gasteiger partial charge in [-0.3, -0.25) is 4.79 Å². The van der Waals surface area contributed by atoms with E-state index in [1.54, 1.807) is 6.92 Å². The van der Waals surface area contributed by atoms with Crippen molar-refractivity contribution < 1.29 is 23.5 Å². The number of hydrogen-bond donors (Lipinski definition) is 0. The van der Waals surface area contributed by atoms with E-state index in [9.17, 15) is 14.0 Å². The number of hydrogen-bond acceptors (Lipinski definition) is 4. The van der Waals surface area contributed by atoms with Crippen LogP contribution >= 0.6 is 11.6 Å². The quantitative estimate of drug-likeness (QED) is 0.757. The van der Waals surface area contributed by atoms with Crippen LogP contribution in [0, 0.1) is 17.7 Å². The summed E-state index contributed by atoms with van der Waals surface area (Å²) in [6.45, 7) is 1.95. The number of benzene rings is 1.